The van der Waals surface area contributed by atoms with Crippen LogP contribution >= 0.6 is 0 Å². The van der Waals surface area contributed by atoms with Gasteiger partial charge >= 0.3 is 0 Å². The predicted octanol–water partition coefficient (Wildman–Crippen LogP) is 3.91. The Morgan fingerprint density at radius 2 is 2.00 bits per heavy atom. The summed E-state index contributed by atoms with van der Waals surface area (Å²) in [5.41, 5.74) is 2.66. The third-order valence-electron chi connectivity index (χ3n) is 3.56. The maximum absolute atomic E-state index is 12.8. The van der Waals surface area contributed by atoms with Gasteiger partial charge in [-0.15, -0.1) is 0 Å². The van der Waals surface area contributed by atoms with Gasteiger partial charge in [-0.05, 0) is 55.8 Å². The summed E-state index contributed by atoms with van der Waals surface area (Å²) >= 11 is 0. The number of hydrogen-bond donors (Lipinski definition) is 1. The van der Waals surface area contributed by atoms with E-state index in [-0.39, 0.29) is 5.82 Å². The molecule has 0 aliphatic heterocycles. The summed E-state index contributed by atoms with van der Waals surface area (Å²) in [6.45, 7) is 6.39. The van der Waals surface area contributed by atoms with Crippen LogP contribution in [0.1, 0.15) is 32.3 Å². The van der Waals surface area contributed by atoms with Crippen molar-refractivity contribution in [1.82, 2.24) is 5.32 Å². The molecule has 0 saturated heterocycles. The molecule has 2 heteroatoms. The largest absolute Gasteiger partial charge is 0.312 e. The van der Waals surface area contributed by atoms with Gasteiger partial charge in [0.15, 0.2) is 0 Å². The normalized spacial score (nSPS) is 23.8. The van der Waals surface area contributed by atoms with Gasteiger partial charge in [0.1, 0.15) is 5.82 Å². The SMILES string of the molecule is CC1=CC(C)CC(CNCc2ccc(F)cc2)C1. The van der Waals surface area contributed by atoms with Gasteiger partial charge in [-0.1, -0.05) is 30.7 Å². The van der Waals surface area contributed by atoms with Crippen LogP contribution in [0.4, 0.5) is 4.39 Å². The average molecular weight is 247 g/mol. The molecule has 1 aliphatic rings. The van der Waals surface area contributed by atoms with Crippen LogP contribution in [0.2, 0.25) is 0 Å². The molecule has 0 heterocycles. The minimum atomic E-state index is -0.166. The van der Waals surface area contributed by atoms with E-state index in [0.717, 1.165) is 24.6 Å². The van der Waals surface area contributed by atoms with E-state index in [1.807, 2.05) is 12.1 Å². The summed E-state index contributed by atoms with van der Waals surface area (Å²) in [5.74, 6) is 1.28. The van der Waals surface area contributed by atoms with Crippen molar-refractivity contribution in [3.8, 4) is 0 Å². The summed E-state index contributed by atoms with van der Waals surface area (Å²) in [6, 6.07) is 6.73. The fraction of sp³-hybridized carbons (Fsp3) is 0.500. The lowest BCUT2D eigenvalue weighted by atomic mass is 9.84. The molecule has 0 fully saturated rings. The van der Waals surface area contributed by atoms with E-state index in [0.29, 0.717) is 5.92 Å². The summed E-state index contributed by atoms with van der Waals surface area (Å²) in [6.07, 6.45) is 4.87. The molecule has 1 aromatic carbocycles. The Balaban J connectivity index is 1.76. The zero-order valence-electron chi connectivity index (χ0n) is 11.2. The van der Waals surface area contributed by atoms with E-state index in [9.17, 15) is 4.39 Å². The van der Waals surface area contributed by atoms with Crippen molar-refractivity contribution < 1.29 is 4.39 Å². The maximum atomic E-state index is 12.8. The topological polar surface area (TPSA) is 12.0 Å². The summed E-state index contributed by atoms with van der Waals surface area (Å²) in [5, 5.41) is 3.48. The molecule has 0 saturated carbocycles. The lowest BCUT2D eigenvalue weighted by Crippen LogP contribution is -2.25. The molecule has 0 amide bonds. The van der Waals surface area contributed by atoms with Crippen molar-refractivity contribution in [3.05, 3.63) is 47.3 Å². The zero-order valence-corrected chi connectivity index (χ0v) is 11.2. The van der Waals surface area contributed by atoms with Crippen molar-refractivity contribution in [2.75, 3.05) is 6.54 Å². The first-order valence-electron chi connectivity index (χ1n) is 6.76. The van der Waals surface area contributed by atoms with Crippen molar-refractivity contribution in [2.24, 2.45) is 11.8 Å². The van der Waals surface area contributed by atoms with Crippen LogP contribution in [0, 0.1) is 17.7 Å². The number of hydrogen-bond acceptors (Lipinski definition) is 1. The summed E-state index contributed by atoms with van der Waals surface area (Å²) in [7, 11) is 0. The zero-order chi connectivity index (χ0) is 13.0. The molecule has 2 unspecified atom stereocenters. The standard InChI is InChI=1S/C16H22FN/c1-12-7-13(2)9-15(8-12)11-18-10-14-3-5-16(17)6-4-14/h3-7,12,15,18H,8-11H2,1-2H3. The Labute approximate surface area is 109 Å². The third kappa shape index (κ3) is 3.95. The fourth-order valence-corrected chi connectivity index (χ4v) is 2.86. The molecule has 0 bridgehead atoms. The molecule has 0 spiro atoms. The van der Waals surface area contributed by atoms with Gasteiger partial charge in [0.25, 0.3) is 0 Å². The van der Waals surface area contributed by atoms with Crippen LogP contribution in [0.5, 0.6) is 0 Å². The van der Waals surface area contributed by atoms with E-state index in [4.69, 9.17) is 0 Å². The van der Waals surface area contributed by atoms with E-state index < -0.39 is 0 Å². The van der Waals surface area contributed by atoms with E-state index in [1.165, 1.54) is 30.5 Å². The highest BCUT2D eigenvalue weighted by Crippen LogP contribution is 2.27. The second-order valence-electron chi connectivity index (χ2n) is 5.55. The number of allylic oxidation sites excluding steroid dienone is 2. The van der Waals surface area contributed by atoms with Crippen LogP contribution in [0.25, 0.3) is 0 Å². The lowest BCUT2D eigenvalue weighted by molar-refractivity contribution is 0.381. The Hall–Kier alpha value is -1.15. The highest BCUT2D eigenvalue weighted by molar-refractivity contribution is 5.15. The number of rotatable bonds is 4. The molecule has 1 N–H and O–H groups in total. The van der Waals surface area contributed by atoms with Gasteiger partial charge in [0.2, 0.25) is 0 Å². The first kappa shape index (κ1) is 13.3. The van der Waals surface area contributed by atoms with Gasteiger partial charge in [0.05, 0.1) is 0 Å². The van der Waals surface area contributed by atoms with Gasteiger partial charge < -0.3 is 5.32 Å². The Morgan fingerprint density at radius 3 is 2.67 bits per heavy atom. The summed E-state index contributed by atoms with van der Waals surface area (Å²) < 4.78 is 12.8. The van der Waals surface area contributed by atoms with Crippen molar-refractivity contribution in [1.29, 1.82) is 0 Å². The van der Waals surface area contributed by atoms with Gasteiger partial charge in [-0.3, -0.25) is 0 Å². The van der Waals surface area contributed by atoms with Crippen LogP contribution < -0.4 is 5.32 Å². The van der Waals surface area contributed by atoms with Crippen molar-refractivity contribution in [3.63, 3.8) is 0 Å². The Kier molecular flexibility index (Phi) is 4.54. The minimum absolute atomic E-state index is 0.166. The monoisotopic (exact) mass is 247 g/mol. The van der Waals surface area contributed by atoms with E-state index in [1.54, 1.807) is 0 Å². The first-order chi connectivity index (χ1) is 8.63. The van der Waals surface area contributed by atoms with Gasteiger partial charge in [-0.2, -0.15) is 0 Å². The number of benzene rings is 1. The highest BCUT2D eigenvalue weighted by Gasteiger charge is 2.17. The van der Waals surface area contributed by atoms with Crippen molar-refractivity contribution >= 4 is 0 Å². The van der Waals surface area contributed by atoms with Crippen LogP contribution in [-0.2, 0) is 6.54 Å². The fourth-order valence-electron chi connectivity index (χ4n) is 2.86. The molecular weight excluding hydrogens is 225 g/mol. The molecule has 2 atom stereocenters. The molecule has 18 heavy (non-hydrogen) atoms. The minimum Gasteiger partial charge on any atom is -0.312 e. The predicted molar refractivity (Wildman–Crippen MR) is 73.8 cm³/mol. The van der Waals surface area contributed by atoms with Gasteiger partial charge in [0, 0.05) is 6.54 Å². The first-order valence-corrected chi connectivity index (χ1v) is 6.76. The molecule has 2 rings (SSSR count). The molecular formula is C16H22FN. The molecule has 1 nitrogen and oxygen atoms in total. The molecule has 1 aromatic rings. The lowest BCUT2D eigenvalue weighted by Gasteiger charge is -2.25. The average Bonchev–Trinajstić information content (AvgIpc) is 2.30. The maximum Gasteiger partial charge on any atom is 0.123 e. The molecule has 98 valence electrons. The van der Waals surface area contributed by atoms with Gasteiger partial charge in [-0.25, -0.2) is 4.39 Å². The molecule has 0 radical (unpaired) electrons. The molecule has 1 aliphatic carbocycles. The second kappa shape index (κ2) is 6.14. The van der Waals surface area contributed by atoms with Crippen LogP contribution in [-0.4, -0.2) is 6.54 Å². The smallest absolute Gasteiger partial charge is 0.123 e. The number of halogens is 1. The summed E-state index contributed by atoms with van der Waals surface area (Å²) in [4.78, 5) is 0. The van der Waals surface area contributed by atoms with E-state index >= 15 is 0 Å². The van der Waals surface area contributed by atoms with Crippen molar-refractivity contribution in [2.45, 2.75) is 33.2 Å². The number of nitrogens with one attached hydrogen (secondary N) is 1. The Bertz CT molecular complexity index is 408. The van der Waals surface area contributed by atoms with Crippen LogP contribution in [0.15, 0.2) is 35.9 Å². The Morgan fingerprint density at radius 1 is 1.28 bits per heavy atom. The quantitative estimate of drug-likeness (QED) is 0.795. The molecule has 0 aromatic heterocycles. The van der Waals surface area contributed by atoms with E-state index in [2.05, 4.69) is 25.2 Å². The highest BCUT2D eigenvalue weighted by atomic mass is 19.1. The second-order valence-corrected chi connectivity index (χ2v) is 5.55. The van der Waals surface area contributed by atoms with Crippen LogP contribution in [0.3, 0.4) is 0 Å². The third-order valence-corrected chi connectivity index (χ3v) is 3.56.